The predicted molar refractivity (Wildman–Crippen MR) is 94.5 cm³/mol. The molecule has 24 heavy (non-hydrogen) atoms. The molecular weight excluding hydrogens is 327 g/mol. The van der Waals surface area contributed by atoms with Crippen molar-refractivity contribution in [3.05, 3.63) is 64.9 Å². The number of carbonyl (C=O) groups is 1. The zero-order valence-electron chi connectivity index (χ0n) is 13.3. The van der Waals surface area contributed by atoms with Crippen molar-refractivity contribution < 1.29 is 9.18 Å². The van der Waals surface area contributed by atoms with Gasteiger partial charge in [-0.2, -0.15) is 0 Å². The van der Waals surface area contributed by atoms with Gasteiger partial charge in [-0.1, -0.05) is 29.8 Å². The Hall–Kier alpha value is -1.91. The third kappa shape index (κ3) is 4.34. The molecule has 1 saturated heterocycles. The molecular formula is C19H20ClFN2O. The van der Waals surface area contributed by atoms with E-state index in [9.17, 15) is 9.18 Å². The number of nitrogens with one attached hydrogen (secondary N) is 1. The molecule has 1 atom stereocenters. The Labute approximate surface area is 146 Å². The van der Waals surface area contributed by atoms with Crippen LogP contribution in [0.4, 0.5) is 10.1 Å². The fraction of sp³-hybridized carbons (Fsp3) is 0.316. The van der Waals surface area contributed by atoms with E-state index in [1.807, 2.05) is 6.07 Å². The Morgan fingerprint density at radius 1 is 1.21 bits per heavy atom. The fourth-order valence-electron chi connectivity index (χ4n) is 3.06. The van der Waals surface area contributed by atoms with Crippen molar-refractivity contribution in [1.29, 1.82) is 0 Å². The number of halogens is 2. The topological polar surface area (TPSA) is 32.3 Å². The molecule has 0 bridgehead atoms. The Morgan fingerprint density at radius 3 is 2.71 bits per heavy atom. The van der Waals surface area contributed by atoms with Crippen molar-refractivity contribution in [3.63, 3.8) is 0 Å². The number of benzene rings is 2. The van der Waals surface area contributed by atoms with E-state index < -0.39 is 0 Å². The van der Waals surface area contributed by atoms with E-state index in [0.717, 1.165) is 25.1 Å². The molecule has 5 heteroatoms. The van der Waals surface area contributed by atoms with Crippen LogP contribution in [0.2, 0.25) is 5.02 Å². The molecule has 1 unspecified atom stereocenters. The molecule has 0 radical (unpaired) electrons. The number of carbonyl (C=O) groups excluding carboxylic acids is 1. The van der Waals surface area contributed by atoms with Gasteiger partial charge in [-0.05, 0) is 49.7 Å². The highest BCUT2D eigenvalue weighted by molar-refractivity contribution is 6.30. The van der Waals surface area contributed by atoms with Crippen LogP contribution in [0.1, 0.15) is 18.4 Å². The molecule has 2 aromatic rings. The summed E-state index contributed by atoms with van der Waals surface area (Å²) >= 11 is 5.86. The summed E-state index contributed by atoms with van der Waals surface area (Å²) in [6.07, 6.45) is 1.79. The average molecular weight is 347 g/mol. The van der Waals surface area contributed by atoms with Gasteiger partial charge in [0, 0.05) is 29.4 Å². The molecule has 0 aromatic heterocycles. The molecule has 2 aromatic carbocycles. The molecule has 126 valence electrons. The van der Waals surface area contributed by atoms with E-state index in [4.69, 9.17) is 11.6 Å². The van der Waals surface area contributed by atoms with Crippen molar-refractivity contribution in [2.45, 2.75) is 19.4 Å². The van der Waals surface area contributed by atoms with Gasteiger partial charge in [-0.3, -0.25) is 9.69 Å². The number of hydrogen-bond donors (Lipinski definition) is 1. The molecule has 0 saturated carbocycles. The summed E-state index contributed by atoms with van der Waals surface area (Å²) in [5.41, 5.74) is 1.42. The Morgan fingerprint density at radius 2 is 1.96 bits per heavy atom. The maximum Gasteiger partial charge on any atom is 0.228 e. The Balaban J connectivity index is 1.59. The lowest BCUT2D eigenvalue weighted by Gasteiger charge is -2.32. The quantitative estimate of drug-likeness (QED) is 0.893. The lowest BCUT2D eigenvalue weighted by Crippen LogP contribution is -2.40. The van der Waals surface area contributed by atoms with Crippen LogP contribution in [0.5, 0.6) is 0 Å². The number of amides is 1. The van der Waals surface area contributed by atoms with Gasteiger partial charge in [0.1, 0.15) is 5.82 Å². The fourth-order valence-corrected chi connectivity index (χ4v) is 3.18. The summed E-state index contributed by atoms with van der Waals surface area (Å²) in [7, 11) is 0. The summed E-state index contributed by atoms with van der Waals surface area (Å²) in [5.74, 6) is -0.262. The van der Waals surface area contributed by atoms with Crippen LogP contribution in [0.15, 0.2) is 48.5 Å². The second-order valence-electron chi connectivity index (χ2n) is 6.16. The Kier molecular flexibility index (Phi) is 5.48. The van der Waals surface area contributed by atoms with Crippen molar-refractivity contribution in [3.8, 4) is 0 Å². The normalized spacial score (nSPS) is 18.3. The molecule has 1 aliphatic heterocycles. The molecule has 1 aliphatic rings. The number of likely N-dealkylation sites (tertiary alicyclic amines) is 1. The maximum atomic E-state index is 13.8. The minimum Gasteiger partial charge on any atom is -0.326 e. The summed E-state index contributed by atoms with van der Waals surface area (Å²) in [5, 5.41) is 3.58. The van der Waals surface area contributed by atoms with Gasteiger partial charge in [0.05, 0.1) is 5.92 Å². The van der Waals surface area contributed by atoms with Crippen LogP contribution in [0, 0.1) is 11.7 Å². The van der Waals surface area contributed by atoms with Gasteiger partial charge < -0.3 is 5.32 Å². The Bertz CT molecular complexity index is 705. The van der Waals surface area contributed by atoms with E-state index >= 15 is 0 Å². The van der Waals surface area contributed by atoms with Crippen LogP contribution >= 0.6 is 11.6 Å². The van der Waals surface area contributed by atoms with Crippen LogP contribution in [0.25, 0.3) is 0 Å². The predicted octanol–water partition coefficient (Wildman–Crippen LogP) is 4.33. The highest BCUT2D eigenvalue weighted by atomic mass is 35.5. The van der Waals surface area contributed by atoms with Crippen LogP contribution < -0.4 is 5.32 Å². The smallest absolute Gasteiger partial charge is 0.228 e. The number of hydrogen-bond acceptors (Lipinski definition) is 2. The number of anilines is 1. The molecule has 3 nitrogen and oxygen atoms in total. The number of nitrogens with zero attached hydrogens (tertiary/aromatic N) is 1. The van der Waals surface area contributed by atoms with Gasteiger partial charge >= 0.3 is 0 Å². The summed E-state index contributed by atoms with van der Waals surface area (Å²) in [6.45, 7) is 2.07. The number of piperidine rings is 1. The molecule has 0 spiro atoms. The average Bonchev–Trinajstić information content (AvgIpc) is 2.59. The van der Waals surface area contributed by atoms with Gasteiger partial charge in [0.15, 0.2) is 0 Å². The van der Waals surface area contributed by atoms with Crippen LogP contribution in [0.3, 0.4) is 0 Å². The van der Waals surface area contributed by atoms with Crippen LogP contribution in [-0.2, 0) is 11.3 Å². The van der Waals surface area contributed by atoms with Gasteiger partial charge in [0.2, 0.25) is 5.91 Å². The van der Waals surface area contributed by atoms with Gasteiger partial charge in [-0.25, -0.2) is 4.39 Å². The highest BCUT2D eigenvalue weighted by Crippen LogP contribution is 2.22. The first-order valence-electron chi connectivity index (χ1n) is 8.14. The van der Waals surface area contributed by atoms with E-state index in [0.29, 0.717) is 23.7 Å². The van der Waals surface area contributed by atoms with Gasteiger partial charge in [0.25, 0.3) is 0 Å². The molecule has 1 N–H and O–H groups in total. The molecule has 1 heterocycles. The first-order chi connectivity index (χ1) is 11.6. The second-order valence-corrected chi connectivity index (χ2v) is 6.60. The first kappa shape index (κ1) is 16.9. The standard InChI is InChI=1S/C19H20ClFN2O/c20-16-7-9-17(10-8-16)22-19(24)15-5-3-11-23(13-15)12-14-4-1-2-6-18(14)21/h1-2,4,6-10,15H,3,5,11-13H2,(H,22,24). The zero-order valence-corrected chi connectivity index (χ0v) is 14.1. The highest BCUT2D eigenvalue weighted by Gasteiger charge is 2.26. The SMILES string of the molecule is O=C(Nc1ccc(Cl)cc1)C1CCCN(Cc2ccccc2F)C1. The summed E-state index contributed by atoms with van der Waals surface area (Å²) in [6, 6.07) is 13.9. The van der Waals surface area contributed by atoms with Crippen molar-refractivity contribution in [2.24, 2.45) is 5.92 Å². The van der Waals surface area contributed by atoms with E-state index in [-0.39, 0.29) is 17.6 Å². The minimum absolute atomic E-state index is 0.00977. The van der Waals surface area contributed by atoms with Gasteiger partial charge in [-0.15, -0.1) is 0 Å². The lowest BCUT2D eigenvalue weighted by molar-refractivity contribution is -0.121. The van der Waals surface area contributed by atoms with Crippen molar-refractivity contribution >= 4 is 23.2 Å². The third-order valence-electron chi connectivity index (χ3n) is 4.34. The minimum atomic E-state index is -0.190. The molecule has 0 aliphatic carbocycles. The monoisotopic (exact) mass is 346 g/mol. The van der Waals surface area contributed by atoms with E-state index in [2.05, 4.69) is 10.2 Å². The molecule has 1 fully saturated rings. The molecule has 1 amide bonds. The first-order valence-corrected chi connectivity index (χ1v) is 8.52. The lowest BCUT2D eigenvalue weighted by atomic mass is 9.96. The van der Waals surface area contributed by atoms with E-state index in [1.165, 1.54) is 6.07 Å². The van der Waals surface area contributed by atoms with Crippen molar-refractivity contribution in [1.82, 2.24) is 4.90 Å². The van der Waals surface area contributed by atoms with Crippen molar-refractivity contribution in [2.75, 3.05) is 18.4 Å². The van der Waals surface area contributed by atoms with E-state index in [1.54, 1.807) is 36.4 Å². The molecule has 3 rings (SSSR count). The second kappa shape index (κ2) is 7.77. The van der Waals surface area contributed by atoms with Crippen LogP contribution in [-0.4, -0.2) is 23.9 Å². The largest absolute Gasteiger partial charge is 0.326 e. The summed E-state index contributed by atoms with van der Waals surface area (Å²) < 4.78 is 13.8. The third-order valence-corrected chi connectivity index (χ3v) is 4.59. The maximum absolute atomic E-state index is 13.8. The number of rotatable bonds is 4. The zero-order chi connectivity index (χ0) is 16.9. The summed E-state index contributed by atoms with van der Waals surface area (Å²) in [4.78, 5) is 14.6.